The summed E-state index contributed by atoms with van der Waals surface area (Å²) < 4.78 is 4.56. The van der Waals surface area contributed by atoms with Crippen LogP contribution in [-0.4, -0.2) is 24.1 Å². The first-order valence-electron chi connectivity index (χ1n) is 3.47. The Morgan fingerprint density at radius 1 is 1.55 bits per heavy atom. The Morgan fingerprint density at radius 2 is 2.27 bits per heavy atom. The second kappa shape index (κ2) is 3.23. The zero-order chi connectivity index (χ0) is 8.27. The van der Waals surface area contributed by atoms with Crippen molar-refractivity contribution in [1.82, 2.24) is 4.90 Å². The van der Waals surface area contributed by atoms with E-state index in [4.69, 9.17) is 0 Å². The number of rotatable bonds is 0. The van der Waals surface area contributed by atoms with Crippen LogP contribution in [-0.2, 0) is 4.74 Å². The molecule has 1 aliphatic rings. The molecule has 1 atom stereocenters. The minimum Gasteiger partial charge on any atom is -0.452 e. The topological polar surface area (TPSA) is 29.5 Å². The van der Waals surface area contributed by atoms with Crippen LogP contribution in [0.4, 0.5) is 4.79 Å². The summed E-state index contributed by atoms with van der Waals surface area (Å²) in [5.74, 6) is 0. The number of nitrogens with zero attached hydrogens (tertiary/aromatic N) is 1. The molecule has 0 bridgehead atoms. The van der Waals surface area contributed by atoms with Gasteiger partial charge in [0.1, 0.15) is 0 Å². The van der Waals surface area contributed by atoms with E-state index in [9.17, 15) is 4.79 Å². The number of hydrogen-bond acceptors (Lipinski definition) is 2. The molecule has 0 radical (unpaired) electrons. The largest absolute Gasteiger partial charge is 0.452 e. The van der Waals surface area contributed by atoms with Crippen molar-refractivity contribution in [1.29, 1.82) is 0 Å². The Kier molecular flexibility index (Phi) is 2.31. The van der Waals surface area contributed by atoms with Gasteiger partial charge in [-0.05, 0) is 13.0 Å². The standard InChI is InChI=1S/C8H11NO2/c1-7-5-3-4-6-9(7)8(10)11-2/h3-7H,1-2H3/t7-/m1/s1. The smallest absolute Gasteiger partial charge is 0.414 e. The molecule has 3 heteroatoms. The highest BCUT2D eigenvalue weighted by atomic mass is 16.5. The van der Waals surface area contributed by atoms with Gasteiger partial charge in [0.25, 0.3) is 0 Å². The number of ether oxygens (including phenoxy) is 1. The highest BCUT2D eigenvalue weighted by Gasteiger charge is 2.16. The van der Waals surface area contributed by atoms with Crippen molar-refractivity contribution in [3.63, 3.8) is 0 Å². The average Bonchev–Trinajstić information content (AvgIpc) is 2.04. The zero-order valence-corrected chi connectivity index (χ0v) is 6.65. The van der Waals surface area contributed by atoms with Crippen molar-refractivity contribution >= 4 is 6.09 Å². The first-order chi connectivity index (χ1) is 5.25. The summed E-state index contributed by atoms with van der Waals surface area (Å²) in [6.45, 7) is 1.93. The minimum absolute atomic E-state index is 0.0902. The van der Waals surface area contributed by atoms with Crippen LogP contribution in [0.25, 0.3) is 0 Å². The summed E-state index contributed by atoms with van der Waals surface area (Å²) in [5.41, 5.74) is 0. The van der Waals surface area contributed by atoms with E-state index in [1.54, 1.807) is 12.3 Å². The first-order valence-corrected chi connectivity index (χ1v) is 3.47. The molecule has 1 aliphatic heterocycles. The molecule has 1 rings (SSSR count). The monoisotopic (exact) mass is 153 g/mol. The van der Waals surface area contributed by atoms with Gasteiger partial charge in [0.2, 0.25) is 0 Å². The summed E-state index contributed by atoms with van der Waals surface area (Å²) >= 11 is 0. The molecule has 0 aromatic carbocycles. The lowest BCUT2D eigenvalue weighted by molar-refractivity contribution is 0.134. The quantitative estimate of drug-likeness (QED) is 0.528. The fourth-order valence-corrected chi connectivity index (χ4v) is 0.928. The third-order valence-electron chi connectivity index (χ3n) is 1.57. The van der Waals surface area contributed by atoms with Crippen molar-refractivity contribution < 1.29 is 9.53 Å². The molecule has 3 nitrogen and oxygen atoms in total. The molecule has 0 aromatic rings. The van der Waals surface area contributed by atoms with E-state index in [0.717, 1.165) is 0 Å². The SMILES string of the molecule is COC(=O)N1C=CC=C[C@H]1C. The number of methoxy groups -OCH3 is 1. The van der Waals surface area contributed by atoms with Crippen LogP contribution in [0.1, 0.15) is 6.92 Å². The fraction of sp³-hybridized carbons (Fsp3) is 0.375. The number of carbonyl (C=O) groups is 1. The minimum atomic E-state index is -0.321. The number of allylic oxidation sites excluding steroid dienone is 2. The predicted octanol–water partition coefficient (Wildman–Crippen LogP) is 1.53. The van der Waals surface area contributed by atoms with Gasteiger partial charge >= 0.3 is 6.09 Å². The van der Waals surface area contributed by atoms with Gasteiger partial charge in [-0.25, -0.2) is 4.79 Å². The molecule has 0 N–H and O–H groups in total. The molecule has 0 aromatic heterocycles. The third kappa shape index (κ3) is 1.61. The maximum Gasteiger partial charge on any atom is 0.414 e. The van der Waals surface area contributed by atoms with Gasteiger partial charge in [0.05, 0.1) is 13.2 Å². The van der Waals surface area contributed by atoms with Gasteiger partial charge in [0.15, 0.2) is 0 Å². The summed E-state index contributed by atoms with van der Waals surface area (Å²) in [6, 6.07) is 0.0902. The van der Waals surface area contributed by atoms with E-state index >= 15 is 0 Å². The van der Waals surface area contributed by atoms with Crippen molar-refractivity contribution in [2.24, 2.45) is 0 Å². The van der Waals surface area contributed by atoms with Gasteiger partial charge in [-0.2, -0.15) is 0 Å². The van der Waals surface area contributed by atoms with Crippen LogP contribution in [0.15, 0.2) is 24.4 Å². The molecular weight excluding hydrogens is 142 g/mol. The normalized spacial score (nSPS) is 22.0. The van der Waals surface area contributed by atoms with Crippen molar-refractivity contribution in [2.75, 3.05) is 7.11 Å². The average molecular weight is 153 g/mol. The lowest BCUT2D eigenvalue weighted by atomic mass is 10.2. The molecule has 1 amide bonds. The molecule has 0 fully saturated rings. The summed E-state index contributed by atoms with van der Waals surface area (Å²) in [4.78, 5) is 12.5. The van der Waals surface area contributed by atoms with E-state index in [1.807, 2.05) is 19.1 Å². The van der Waals surface area contributed by atoms with Crippen LogP contribution in [0.5, 0.6) is 0 Å². The van der Waals surface area contributed by atoms with Crippen molar-refractivity contribution in [2.45, 2.75) is 13.0 Å². The van der Waals surface area contributed by atoms with Crippen LogP contribution in [0.2, 0.25) is 0 Å². The molecule has 0 saturated heterocycles. The summed E-state index contributed by atoms with van der Waals surface area (Å²) in [7, 11) is 1.38. The zero-order valence-electron chi connectivity index (χ0n) is 6.65. The van der Waals surface area contributed by atoms with E-state index < -0.39 is 0 Å². The van der Waals surface area contributed by atoms with Crippen molar-refractivity contribution in [3.8, 4) is 0 Å². The molecule has 0 saturated carbocycles. The third-order valence-corrected chi connectivity index (χ3v) is 1.57. The lowest BCUT2D eigenvalue weighted by Gasteiger charge is -2.23. The molecule has 0 aliphatic carbocycles. The Labute approximate surface area is 65.9 Å². The molecule has 60 valence electrons. The Morgan fingerprint density at radius 3 is 2.82 bits per heavy atom. The summed E-state index contributed by atoms with van der Waals surface area (Å²) in [5, 5.41) is 0. The Hall–Kier alpha value is -1.25. The van der Waals surface area contributed by atoms with Crippen molar-refractivity contribution in [3.05, 3.63) is 24.4 Å². The maximum atomic E-state index is 11.0. The van der Waals surface area contributed by atoms with Gasteiger partial charge < -0.3 is 4.74 Å². The van der Waals surface area contributed by atoms with E-state index in [-0.39, 0.29) is 12.1 Å². The fourth-order valence-electron chi connectivity index (χ4n) is 0.928. The summed E-state index contributed by atoms with van der Waals surface area (Å²) in [6.07, 6.45) is 7.02. The number of carbonyl (C=O) groups excluding carboxylic acids is 1. The number of hydrogen-bond donors (Lipinski definition) is 0. The van der Waals surface area contributed by atoms with Crippen LogP contribution in [0, 0.1) is 0 Å². The number of amides is 1. The highest BCUT2D eigenvalue weighted by Crippen LogP contribution is 2.08. The van der Waals surface area contributed by atoms with Gasteiger partial charge in [0, 0.05) is 6.20 Å². The van der Waals surface area contributed by atoms with E-state index in [1.165, 1.54) is 12.0 Å². The van der Waals surface area contributed by atoms with Crippen LogP contribution < -0.4 is 0 Å². The second-order valence-corrected chi connectivity index (χ2v) is 2.34. The van der Waals surface area contributed by atoms with Crippen LogP contribution >= 0.6 is 0 Å². The first kappa shape index (κ1) is 7.85. The van der Waals surface area contributed by atoms with Crippen LogP contribution in [0.3, 0.4) is 0 Å². The lowest BCUT2D eigenvalue weighted by Crippen LogP contribution is -2.33. The Bertz CT molecular complexity index is 208. The van der Waals surface area contributed by atoms with Gasteiger partial charge in [-0.3, -0.25) is 4.90 Å². The van der Waals surface area contributed by atoms with E-state index in [2.05, 4.69) is 4.74 Å². The van der Waals surface area contributed by atoms with E-state index in [0.29, 0.717) is 0 Å². The molecule has 1 heterocycles. The molecule has 11 heavy (non-hydrogen) atoms. The Balaban J connectivity index is 2.65. The highest BCUT2D eigenvalue weighted by molar-refractivity contribution is 5.69. The predicted molar refractivity (Wildman–Crippen MR) is 42.0 cm³/mol. The molecular formula is C8H11NO2. The molecule has 0 spiro atoms. The molecule has 0 unspecified atom stereocenters. The maximum absolute atomic E-state index is 11.0. The van der Waals surface area contributed by atoms with Gasteiger partial charge in [-0.1, -0.05) is 12.2 Å². The second-order valence-electron chi connectivity index (χ2n) is 2.34. The van der Waals surface area contributed by atoms with Gasteiger partial charge in [-0.15, -0.1) is 0 Å².